The highest BCUT2D eigenvalue weighted by molar-refractivity contribution is 7.82. The normalized spacial score (nSPS) is 10.2. The molecule has 1 amide bonds. The van der Waals surface area contributed by atoms with Gasteiger partial charge in [-0.3, -0.25) is 9.10 Å². The Kier molecular flexibility index (Phi) is 4.23. The highest BCUT2D eigenvalue weighted by atomic mass is 35.5. The van der Waals surface area contributed by atoms with Crippen LogP contribution in [0.3, 0.4) is 0 Å². The molecule has 1 N–H and O–H groups in total. The van der Waals surface area contributed by atoms with Crippen LogP contribution in [0.2, 0.25) is 5.15 Å². The first-order valence-corrected chi connectivity index (χ1v) is 5.18. The molecule has 0 bridgehead atoms. The van der Waals surface area contributed by atoms with Crippen molar-refractivity contribution in [3.63, 3.8) is 0 Å². The van der Waals surface area contributed by atoms with E-state index >= 15 is 0 Å². The first-order valence-electron chi connectivity index (χ1n) is 4.40. The van der Waals surface area contributed by atoms with Crippen LogP contribution in [-0.2, 0) is 4.79 Å². The number of pyridine rings is 1. The maximum absolute atomic E-state index is 10.5. The molecule has 0 fully saturated rings. The van der Waals surface area contributed by atoms with Crippen molar-refractivity contribution in [1.82, 2.24) is 4.98 Å². The van der Waals surface area contributed by atoms with Crippen molar-refractivity contribution >= 4 is 42.3 Å². The molecule has 0 aliphatic carbocycles. The quantitative estimate of drug-likeness (QED) is 0.486. The highest BCUT2D eigenvalue weighted by Crippen LogP contribution is 2.22. The van der Waals surface area contributed by atoms with E-state index in [0.29, 0.717) is 23.1 Å². The molecule has 0 unspecified atom stereocenters. The minimum absolute atomic E-state index is 0.244. The lowest BCUT2D eigenvalue weighted by molar-refractivity contribution is -0.106. The van der Waals surface area contributed by atoms with Crippen LogP contribution in [0, 0.1) is 0 Å². The van der Waals surface area contributed by atoms with Gasteiger partial charge in [-0.1, -0.05) is 24.4 Å². The van der Waals surface area contributed by atoms with Crippen molar-refractivity contribution in [2.45, 2.75) is 19.9 Å². The minimum atomic E-state index is 0.244. The summed E-state index contributed by atoms with van der Waals surface area (Å²) in [5, 5.41) is 3.41. The topological polar surface area (TPSA) is 45.2 Å². The van der Waals surface area contributed by atoms with Gasteiger partial charge in [0.25, 0.3) is 0 Å². The highest BCUT2D eigenvalue weighted by Gasteiger charge is 2.06. The summed E-state index contributed by atoms with van der Waals surface area (Å²) in [5.74, 6) is 0.619. The predicted molar refractivity (Wildman–Crippen MR) is 65.5 cm³/mol. The number of halogens is 1. The average Bonchev–Trinajstić information content (AvgIpc) is 2.14. The summed E-state index contributed by atoms with van der Waals surface area (Å²) in [6.45, 7) is 3.97. The van der Waals surface area contributed by atoms with Crippen molar-refractivity contribution in [3.8, 4) is 0 Å². The Morgan fingerprint density at radius 1 is 1.60 bits per heavy atom. The van der Waals surface area contributed by atoms with Crippen LogP contribution in [0.5, 0.6) is 0 Å². The second-order valence-corrected chi connectivity index (χ2v) is 4.10. The molecule has 15 heavy (non-hydrogen) atoms. The third-order valence-corrected chi connectivity index (χ3v) is 2.10. The van der Waals surface area contributed by atoms with E-state index in [1.54, 1.807) is 12.1 Å². The summed E-state index contributed by atoms with van der Waals surface area (Å²) in [5.41, 5.74) is 0.580. The number of nitrogens with one attached hydrogen (secondary N) is 1. The Morgan fingerprint density at radius 2 is 2.27 bits per heavy atom. The Bertz CT molecular complexity index is 359. The molecule has 0 spiro atoms. The van der Waals surface area contributed by atoms with Gasteiger partial charge in [-0.15, -0.1) is 0 Å². The van der Waals surface area contributed by atoms with Crippen molar-refractivity contribution < 1.29 is 4.79 Å². The van der Waals surface area contributed by atoms with Crippen LogP contribution in [0.4, 0.5) is 11.5 Å². The van der Waals surface area contributed by atoms with E-state index in [4.69, 9.17) is 11.6 Å². The molecule has 0 atom stereocenters. The largest absolute Gasteiger partial charge is 0.368 e. The number of thiol groups is 1. The molecule has 0 aliphatic heterocycles. The molecule has 0 radical (unpaired) electrons. The molecule has 4 nitrogen and oxygen atoms in total. The average molecular weight is 246 g/mol. The Morgan fingerprint density at radius 3 is 2.80 bits per heavy atom. The molecular weight excluding hydrogens is 234 g/mol. The lowest BCUT2D eigenvalue weighted by Crippen LogP contribution is -2.12. The second kappa shape index (κ2) is 5.23. The standard InChI is InChI=1S/C9H12ClN3OS/c1-6(2)11-9-4-7(13(15)5-14)3-8(10)12-9/h3-6,15H,1-2H3,(H,11,12). The van der Waals surface area contributed by atoms with E-state index in [1.165, 1.54) is 0 Å². The number of amides is 1. The van der Waals surface area contributed by atoms with Gasteiger partial charge in [0, 0.05) is 18.2 Å². The Labute approximate surface area is 99.2 Å². The van der Waals surface area contributed by atoms with E-state index < -0.39 is 0 Å². The third kappa shape index (κ3) is 3.60. The van der Waals surface area contributed by atoms with E-state index in [-0.39, 0.29) is 6.04 Å². The maximum atomic E-state index is 10.5. The number of anilines is 2. The minimum Gasteiger partial charge on any atom is -0.368 e. The Hall–Kier alpha value is -0.940. The summed E-state index contributed by atoms with van der Waals surface area (Å²) in [6, 6.07) is 3.51. The fraction of sp³-hybridized carbons (Fsp3) is 0.333. The number of carbonyl (C=O) groups excluding carboxylic acids is 1. The van der Waals surface area contributed by atoms with Crippen LogP contribution < -0.4 is 9.62 Å². The van der Waals surface area contributed by atoms with Gasteiger partial charge in [0.2, 0.25) is 6.41 Å². The molecule has 0 aromatic carbocycles. The summed E-state index contributed by atoms with van der Waals surface area (Å²) in [7, 11) is 0. The van der Waals surface area contributed by atoms with E-state index in [1.807, 2.05) is 13.8 Å². The summed E-state index contributed by atoms with van der Waals surface area (Å²) in [4.78, 5) is 14.6. The molecule has 1 heterocycles. The van der Waals surface area contributed by atoms with Crippen LogP contribution in [0.1, 0.15) is 13.8 Å². The summed E-state index contributed by atoms with van der Waals surface area (Å²) < 4.78 is 1.14. The molecule has 0 saturated heterocycles. The van der Waals surface area contributed by atoms with Gasteiger partial charge in [-0.05, 0) is 13.8 Å². The first kappa shape index (κ1) is 12.1. The molecular formula is C9H12ClN3OS. The number of rotatable bonds is 4. The molecule has 82 valence electrons. The van der Waals surface area contributed by atoms with Crippen LogP contribution in [0.15, 0.2) is 12.1 Å². The zero-order chi connectivity index (χ0) is 11.4. The van der Waals surface area contributed by atoms with Crippen molar-refractivity contribution in [3.05, 3.63) is 17.3 Å². The lowest BCUT2D eigenvalue weighted by atomic mass is 10.3. The SMILES string of the molecule is CC(C)Nc1cc(N(S)C=O)cc(Cl)n1. The molecule has 1 aromatic heterocycles. The number of aromatic nitrogens is 1. The maximum Gasteiger partial charge on any atom is 0.224 e. The molecule has 0 saturated carbocycles. The number of hydrogen-bond acceptors (Lipinski definition) is 4. The van der Waals surface area contributed by atoms with Crippen LogP contribution in [0.25, 0.3) is 0 Å². The zero-order valence-electron chi connectivity index (χ0n) is 8.44. The first-order chi connectivity index (χ1) is 7.02. The molecule has 1 rings (SSSR count). The van der Waals surface area contributed by atoms with Crippen LogP contribution >= 0.6 is 24.4 Å². The predicted octanol–water partition coefficient (Wildman–Crippen LogP) is 2.36. The third-order valence-electron chi connectivity index (χ3n) is 1.58. The summed E-state index contributed by atoms with van der Waals surface area (Å²) in [6.07, 6.45) is 0.591. The number of nitrogens with zero attached hydrogens (tertiary/aromatic N) is 2. The number of carbonyl (C=O) groups is 1. The van der Waals surface area contributed by atoms with Crippen LogP contribution in [-0.4, -0.2) is 17.4 Å². The van der Waals surface area contributed by atoms with Gasteiger partial charge in [0.1, 0.15) is 11.0 Å². The van der Waals surface area contributed by atoms with Crippen molar-refractivity contribution in [1.29, 1.82) is 0 Å². The molecule has 6 heteroatoms. The molecule has 0 aliphatic rings. The van der Waals surface area contributed by atoms with E-state index in [0.717, 1.165) is 4.31 Å². The smallest absolute Gasteiger partial charge is 0.224 e. The van der Waals surface area contributed by atoms with Gasteiger partial charge in [-0.2, -0.15) is 0 Å². The van der Waals surface area contributed by atoms with Gasteiger partial charge in [-0.25, -0.2) is 4.98 Å². The molecule has 1 aromatic rings. The van der Waals surface area contributed by atoms with Gasteiger partial charge in [0.05, 0.1) is 5.69 Å². The van der Waals surface area contributed by atoms with Gasteiger partial charge < -0.3 is 5.32 Å². The fourth-order valence-corrected chi connectivity index (χ4v) is 1.36. The Balaban J connectivity index is 2.99. The summed E-state index contributed by atoms with van der Waals surface area (Å²) >= 11 is 9.76. The van der Waals surface area contributed by atoms with Crippen molar-refractivity contribution in [2.75, 3.05) is 9.62 Å². The van der Waals surface area contributed by atoms with Crippen molar-refractivity contribution in [2.24, 2.45) is 0 Å². The fourth-order valence-electron chi connectivity index (χ4n) is 1.05. The zero-order valence-corrected chi connectivity index (χ0v) is 10.1. The van der Waals surface area contributed by atoms with Gasteiger partial charge in [0.15, 0.2) is 0 Å². The van der Waals surface area contributed by atoms with Gasteiger partial charge >= 0.3 is 0 Å². The van der Waals surface area contributed by atoms with E-state index in [9.17, 15) is 4.79 Å². The van der Waals surface area contributed by atoms with E-state index in [2.05, 4.69) is 23.1 Å². The lowest BCUT2D eigenvalue weighted by Gasteiger charge is -2.13. The second-order valence-electron chi connectivity index (χ2n) is 3.28. The monoisotopic (exact) mass is 245 g/mol. The number of hydrogen-bond donors (Lipinski definition) is 2.